The highest BCUT2D eigenvalue weighted by Gasteiger charge is 2.26. The fraction of sp³-hybridized carbons (Fsp3) is 0.786. The van der Waals surface area contributed by atoms with Crippen LogP contribution in [0.3, 0.4) is 0 Å². The number of halogens is 1. The lowest BCUT2D eigenvalue weighted by Gasteiger charge is -2.22. The van der Waals surface area contributed by atoms with E-state index < -0.39 is 5.60 Å². The Bertz CT molecular complexity index is 442. The summed E-state index contributed by atoms with van der Waals surface area (Å²) in [6, 6.07) is 0. The Morgan fingerprint density at radius 3 is 2.74 bits per heavy atom. The largest absolute Gasteiger partial charge is 0.390 e. The van der Waals surface area contributed by atoms with Gasteiger partial charge in [0.05, 0.1) is 21.5 Å². The normalized spacial score (nSPS) is 25.5. The number of rotatable bonds is 3. The molecule has 2 rings (SSSR count). The number of hydrogen-bond donors (Lipinski definition) is 1. The number of aryl methyl sites for hydroxylation is 2. The van der Waals surface area contributed by atoms with Crippen molar-refractivity contribution in [1.82, 2.24) is 14.7 Å². The fourth-order valence-corrected chi connectivity index (χ4v) is 3.42. The first-order valence-electron chi connectivity index (χ1n) is 7.08. The zero-order chi connectivity index (χ0) is 14.0. The van der Waals surface area contributed by atoms with Crippen LogP contribution in [0.1, 0.15) is 44.5 Å². The lowest BCUT2D eigenvalue weighted by molar-refractivity contribution is 0.0443. The molecule has 0 bridgehead atoms. The quantitative estimate of drug-likeness (QED) is 0.926. The van der Waals surface area contributed by atoms with Gasteiger partial charge in [-0.15, -0.1) is 0 Å². The van der Waals surface area contributed by atoms with Gasteiger partial charge in [-0.2, -0.15) is 5.10 Å². The van der Waals surface area contributed by atoms with Crippen LogP contribution in [0.2, 0.25) is 0 Å². The van der Waals surface area contributed by atoms with Crippen LogP contribution in [0.4, 0.5) is 0 Å². The van der Waals surface area contributed by atoms with Crippen molar-refractivity contribution >= 4 is 15.9 Å². The minimum absolute atomic E-state index is 0.493. The summed E-state index contributed by atoms with van der Waals surface area (Å²) in [5.74, 6) is 0. The number of likely N-dealkylation sites (tertiary alicyclic amines) is 1. The predicted octanol–water partition coefficient (Wildman–Crippen LogP) is 2.48. The van der Waals surface area contributed by atoms with Crippen molar-refractivity contribution in [3.63, 3.8) is 0 Å². The molecular formula is C14H24BrN3O. The monoisotopic (exact) mass is 329 g/mol. The molecule has 1 saturated heterocycles. The molecular weight excluding hydrogens is 306 g/mol. The number of aromatic nitrogens is 2. The van der Waals surface area contributed by atoms with Gasteiger partial charge in [-0.3, -0.25) is 9.58 Å². The summed E-state index contributed by atoms with van der Waals surface area (Å²) in [5, 5.41) is 14.7. The summed E-state index contributed by atoms with van der Waals surface area (Å²) in [6.07, 6.45) is 3.76. The van der Waals surface area contributed by atoms with E-state index in [1.165, 1.54) is 5.69 Å². The van der Waals surface area contributed by atoms with Gasteiger partial charge >= 0.3 is 0 Å². The van der Waals surface area contributed by atoms with Crippen molar-refractivity contribution in [3.8, 4) is 0 Å². The van der Waals surface area contributed by atoms with Gasteiger partial charge in [-0.25, -0.2) is 0 Å². The molecule has 108 valence electrons. The Kier molecular flexibility index (Phi) is 4.69. The SMILES string of the molecule is CCc1nn(C)c(CN2CCCC(C)(O)CC2)c1Br. The second kappa shape index (κ2) is 5.94. The number of nitrogens with zero attached hydrogens (tertiary/aromatic N) is 3. The first kappa shape index (κ1) is 15.0. The van der Waals surface area contributed by atoms with E-state index in [1.807, 2.05) is 18.7 Å². The Labute approximate surface area is 123 Å². The lowest BCUT2D eigenvalue weighted by Crippen LogP contribution is -2.28. The molecule has 19 heavy (non-hydrogen) atoms. The van der Waals surface area contributed by atoms with Crippen LogP contribution in [-0.2, 0) is 20.0 Å². The van der Waals surface area contributed by atoms with Crippen LogP contribution in [0, 0.1) is 0 Å². The molecule has 0 saturated carbocycles. The molecule has 0 aromatic carbocycles. The van der Waals surface area contributed by atoms with Crippen LogP contribution in [-0.4, -0.2) is 38.5 Å². The van der Waals surface area contributed by atoms with Gasteiger partial charge in [0.1, 0.15) is 0 Å². The maximum atomic E-state index is 10.1. The first-order chi connectivity index (χ1) is 8.93. The van der Waals surface area contributed by atoms with Crippen molar-refractivity contribution in [1.29, 1.82) is 0 Å². The molecule has 0 aliphatic carbocycles. The Balaban J connectivity index is 2.07. The van der Waals surface area contributed by atoms with Gasteiger partial charge in [0.15, 0.2) is 0 Å². The van der Waals surface area contributed by atoms with E-state index in [-0.39, 0.29) is 0 Å². The topological polar surface area (TPSA) is 41.3 Å². The van der Waals surface area contributed by atoms with Gasteiger partial charge in [0, 0.05) is 20.1 Å². The molecule has 0 spiro atoms. The molecule has 1 aliphatic heterocycles. The van der Waals surface area contributed by atoms with E-state index in [4.69, 9.17) is 0 Å². The second-order valence-corrected chi connectivity index (χ2v) is 6.60. The van der Waals surface area contributed by atoms with Crippen molar-refractivity contribution < 1.29 is 5.11 Å². The average Bonchev–Trinajstić information content (AvgIpc) is 2.51. The Morgan fingerprint density at radius 1 is 1.37 bits per heavy atom. The minimum Gasteiger partial charge on any atom is -0.390 e. The van der Waals surface area contributed by atoms with E-state index in [9.17, 15) is 5.11 Å². The first-order valence-corrected chi connectivity index (χ1v) is 7.87. The summed E-state index contributed by atoms with van der Waals surface area (Å²) < 4.78 is 3.12. The third-order valence-corrected chi connectivity index (χ3v) is 4.95. The van der Waals surface area contributed by atoms with Gasteiger partial charge in [0.25, 0.3) is 0 Å². The van der Waals surface area contributed by atoms with Gasteiger partial charge < -0.3 is 5.11 Å². The molecule has 1 N–H and O–H groups in total. The van der Waals surface area contributed by atoms with Crippen LogP contribution in [0.25, 0.3) is 0 Å². The van der Waals surface area contributed by atoms with Crippen LogP contribution >= 0.6 is 15.9 Å². The van der Waals surface area contributed by atoms with E-state index in [1.54, 1.807) is 0 Å². The third kappa shape index (κ3) is 3.58. The highest BCUT2D eigenvalue weighted by atomic mass is 79.9. The highest BCUT2D eigenvalue weighted by molar-refractivity contribution is 9.10. The maximum absolute atomic E-state index is 10.1. The molecule has 2 heterocycles. The molecule has 1 aromatic heterocycles. The van der Waals surface area contributed by atoms with Crippen molar-refractivity contribution in [3.05, 3.63) is 15.9 Å². The van der Waals surface area contributed by atoms with E-state index in [2.05, 4.69) is 32.9 Å². The van der Waals surface area contributed by atoms with Crippen molar-refractivity contribution in [2.24, 2.45) is 7.05 Å². The molecule has 1 unspecified atom stereocenters. The van der Waals surface area contributed by atoms with Gasteiger partial charge in [-0.1, -0.05) is 6.92 Å². The fourth-order valence-electron chi connectivity index (χ4n) is 2.68. The standard InChI is InChI=1S/C14H24BrN3O/c1-4-11-13(15)12(17(3)16-11)10-18-8-5-6-14(2,19)7-9-18/h19H,4-10H2,1-3H3. The number of hydrogen-bond acceptors (Lipinski definition) is 3. The summed E-state index contributed by atoms with van der Waals surface area (Å²) in [7, 11) is 2.01. The molecule has 0 radical (unpaired) electrons. The lowest BCUT2D eigenvalue weighted by atomic mass is 9.98. The minimum atomic E-state index is -0.493. The molecule has 5 heteroatoms. The summed E-state index contributed by atoms with van der Waals surface area (Å²) >= 11 is 3.67. The molecule has 1 atom stereocenters. The zero-order valence-electron chi connectivity index (χ0n) is 12.1. The van der Waals surface area contributed by atoms with E-state index in [0.29, 0.717) is 0 Å². The highest BCUT2D eigenvalue weighted by Crippen LogP contribution is 2.26. The maximum Gasteiger partial charge on any atom is 0.0767 e. The summed E-state index contributed by atoms with van der Waals surface area (Å²) in [5.41, 5.74) is 1.87. The second-order valence-electron chi connectivity index (χ2n) is 5.81. The Morgan fingerprint density at radius 2 is 2.11 bits per heavy atom. The predicted molar refractivity (Wildman–Crippen MR) is 80.0 cm³/mol. The van der Waals surface area contributed by atoms with Crippen LogP contribution < -0.4 is 0 Å². The van der Waals surface area contributed by atoms with Gasteiger partial charge in [0.2, 0.25) is 0 Å². The van der Waals surface area contributed by atoms with Crippen LogP contribution in [0.5, 0.6) is 0 Å². The van der Waals surface area contributed by atoms with E-state index >= 15 is 0 Å². The third-order valence-electron chi connectivity index (χ3n) is 4.03. The smallest absolute Gasteiger partial charge is 0.0767 e. The number of aliphatic hydroxyl groups is 1. The zero-order valence-corrected chi connectivity index (χ0v) is 13.7. The molecule has 1 aromatic rings. The van der Waals surface area contributed by atoms with Crippen LogP contribution in [0.15, 0.2) is 4.47 Å². The van der Waals surface area contributed by atoms with Crippen molar-refractivity contribution in [2.75, 3.05) is 13.1 Å². The molecule has 4 nitrogen and oxygen atoms in total. The summed E-state index contributed by atoms with van der Waals surface area (Å²) in [6.45, 7) is 6.98. The van der Waals surface area contributed by atoms with Crippen molar-refractivity contribution in [2.45, 2.75) is 51.7 Å². The summed E-state index contributed by atoms with van der Waals surface area (Å²) in [4.78, 5) is 2.42. The molecule has 1 aliphatic rings. The van der Waals surface area contributed by atoms with E-state index in [0.717, 1.165) is 55.5 Å². The Hall–Kier alpha value is -0.390. The molecule has 0 amide bonds. The average molecular weight is 330 g/mol. The van der Waals surface area contributed by atoms with Gasteiger partial charge in [-0.05, 0) is 55.1 Å². The molecule has 1 fully saturated rings.